The normalized spacial score (nSPS) is 21.9. The Kier molecular flexibility index (Phi) is 5.63. The molecule has 0 radical (unpaired) electrons. The van der Waals surface area contributed by atoms with E-state index in [1.54, 1.807) is 16.2 Å². The maximum atomic E-state index is 12.4. The number of likely N-dealkylation sites (N-methyl/N-ethyl adjacent to an activating group) is 2. The summed E-state index contributed by atoms with van der Waals surface area (Å²) in [5, 5.41) is 4.14. The van der Waals surface area contributed by atoms with E-state index < -0.39 is 9.84 Å². The van der Waals surface area contributed by atoms with Crippen LogP contribution in [0.15, 0.2) is 16.8 Å². The van der Waals surface area contributed by atoms with Gasteiger partial charge in [0.15, 0.2) is 9.84 Å². The van der Waals surface area contributed by atoms with E-state index in [-0.39, 0.29) is 36.0 Å². The highest BCUT2D eigenvalue weighted by molar-refractivity contribution is 7.91. The maximum absolute atomic E-state index is 12.4. The quantitative estimate of drug-likeness (QED) is 0.779. The van der Waals surface area contributed by atoms with Crippen LogP contribution in [0, 0.1) is 0 Å². The first-order chi connectivity index (χ1) is 10.3. The zero-order valence-electron chi connectivity index (χ0n) is 13.4. The lowest BCUT2D eigenvalue weighted by Gasteiger charge is -2.29. The summed E-state index contributed by atoms with van der Waals surface area (Å²) >= 11 is 1.66. The number of rotatable bonds is 6. The van der Waals surface area contributed by atoms with Crippen LogP contribution in [0.5, 0.6) is 0 Å². The van der Waals surface area contributed by atoms with Crippen molar-refractivity contribution in [2.24, 2.45) is 0 Å². The third-order valence-electron chi connectivity index (χ3n) is 4.38. The van der Waals surface area contributed by atoms with Gasteiger partial charge in [-0.2, -0.15) is 11.3 Å². The van der Waals surface area contributed by atoms with Crippen molar-refractivity contribution in [2.45, 2.75) is 31.8 Å². The molecule has 0 aromatic carbocycles. The second-order valence-electron chi connectivity index (χ2n) is 6.16. The molecule has 1 aromatic rings. The molecule has 2 atom stereocenters. The van der Waals surface area contributed by atoms with Crippen LogP contribution in [0.4, 0.5) is 0 Å². The van der Waals surface area contributed by atoms with Gasteiger partial charge in [-0.05, 0) is 49.2 Å². The third kappa shape index (κ3) is 4.54. The first-order valence-corrected chi connectivity index (χ1v) is 10.2. The van der Waals surface area contributed by atoms with E-state index in [0.717, 1.165) is 6.42 Å². The van der Waals surface area contributed by atoms with Gasteiger partial charge < -0.3 is 4.90 Å². The second-order valence-corrected chi connectivity index (χ2v) is 9.17. The molecular weight excluding hydrogens is 320 g/mol. The Morgan fingerprint density at radius 3 is 2.73 bits per heavy atom. The lowest BCUT2D eigenvalue weighted by atomic mass is 10.1. The molecular formula is C15H24N2O3S2. The highest BCUT2D eigenvalue weighted by Gasteiger charge is 2.31. The lowest BCUT2D eigenvalue weighted by Crippen LogP contribution is -2.45. The number of carbonyl (C=O) groups excluding carboxylic acids is 1. The molecule has 1 aromatic heterocycles. The average Bonchev–Trinajstić information content (AvgIpc) is 3.06. The Labute approximate surface area is 136 Å². The van der Waals surface area contributed by atoms with E-state index >= 15 is 0 Å². The van der Waals surface area contributed by atoms with Gasteiger partial charge in [0.2, 0.25) is 5.91 Å². The van der Waals surface area contributed by atoms with Crippen molar-refractivity contribution in [1.29, 1.82) is 0 Å². The topological polar surface area (TPSA) is 57.7 Å². The first-order valence-electron chi connectivity index (χ1n) is 7.46. The highest BCUT2D eigenvalue weighted by Crippen LogP contribution is 2.17. The van der Waals surface area contributed by atoms with E-state index in [0.29, 0.717) is 6.42 Å². The van der Waals surface area contributed by atoms with E-state index in [1.165, 1.54) is 5.56 Å². The number of sulfone groups is 1. The Morgan fingerprint density at radius 2 is 2.18 bits per heavy atom. The minimum Gasteiger partial charge on any atom is -0.342 e. The van der Waals surface area contributed by atoms with Crippen LogP contribution in [-0.4, -0.2) is 68.4 Å². The molecule has 5 nitrogen and oxygen atoms in total. The van der Waals surface area contributed by atoms with Gasteiger partial charge in [0.1, 0.15) is 0 Å². The summed E-state index contributed by atoms with van der Waals surface area (Å²) in [5.74, 6) is 0.445. The number of carbonyl (C=O) groups is 1. The Balaban J connectivity index is 1.85. The van der Waals surface area contributed by atoms with Crippen molar-refractivity contribution in [3.8, 4) is 0 Å². The molecule has 0 N–H and O–H groups in total. The van der Waals surface area contributed by atoms with Crippen LogP contribution in [0.3, 0.4) is 0 Å². The molecule has 0 unspecified atom stereocenters. The molecule has 0 aliphatic carbocycles. The fraction of sp³-hybridized carbons (Fsp3) is 0.667. The molecule has 7 heteroatoms. The van der Waals surface area contributed by atoms with Gasteiger partial charge in [-0.25, -0.2) is 8.42 Å². The molecule has 2 rings (SSSR count). The van der Waals surface area contributed by atoms with Gasteiger partial charge in [0, 0.05) is 19.1 Å². The molecule has 22 heavy (non-hydrogen) atoms. The van der Waals surface area contributed by atoms with Gasteiger partial charge in [0.25, 0.3) is 0 Å². The Morgan fingerprint density at radius 1 is 1.45 bits per heavy atom. The molecule has 0 saturated carbocycles. The van der Waals surface area contributed by atoms with Gasteiger partial charge in [0.05, 0.1) is 18.1 Å². The fourth-order valence-electron chi connectivity index (χ4n) is 2.71. The smallest absolute Gasteiger partial charge is 0.236 e. The number of amides is 1. The molecule has 124 valence electrons. The van der Waals surface area contributed by atoms with Crippen LogP contribution in [-0.2, 0) is 21.1 Å². The zero-order chi connectivity index (χ0) is 16.3. The predicted molar refractivity (Wildman–Crippen MR) is 89.9 cm³/mol. The van der Waals surface area contributed by atoms with Crippen molar-refractivity contribution < 1.29 is 13.2 Å². The van der Waals surface area contributed by atoms with Gasteiger partial charge in [-0.15, -0.1) is 0 Å². The molecule has 1 aliphatic heterocycles. The lowest BCUT2D eigenvalue weighted by molar-refractivity contribution is -0.133. The fourth-order valence-corrected chi connectivity index (χ4v) is 5.20. The largest absolute Gasteiger partial charge is 0.342 e. The van der Waals surface area contributed by atoms with Crippen molar-refractivity contribution in [1.82, 2.24) is 9.80 Å². The summed E-state index contributed by atoms with van der Waals surface area (Å²) in [5.41, 5.74) is 1.24. The zero-order valence-corrected chi connectivity index (χ0v) is 15.0. The minimum atomic E-state index is -2.91. The van der Waals surface area contributed by atoms with E-state index in [9.17, 15) is 13.2 Å². The molecule has 1 aliphatic rings. The Bertz CT molecular complexity index is 598. The highest BCUT2D eigenvalue weighted by atomic mass is 32.2. The molecule has 0 bridgehead atoms. The van der Waals surface area contributed by atoms with Crippen molar-refractivity contribution >= 4 is 27.1 Å². The van der Waals surface area contributed by atoms with Crippen LogP contribution < -0.4 is 0 Å². The van der Waals surface area contributed by atoms with Crippen LogP contribution in [0.2, 0.25) is 0 Å². The molecule has 1 amide bonds. The summed E-state index contributed by atoms with van der Waals surface area (Å²) in [7, 11) is 0.740. The molecule has 2 heterocycles. The van der Waals surface area contributed by atoms with E-state index in [2.05, 4.69) is 11.4 Å². The first kappa shape index (κ1) is 17.4. The summed E-state index contributed by atoms with van der Waals surface area (Å²) in [6, 6.07) is 2.17. The number of hydrogen-bond donors (Lipinski definition) is 0. The monoisotopic (exact) mass is 344 g/mol. The average molecular weight is 345 g/mol. The summed E-state index contributed by atoms with van der Waals surface area (Å²) in [6.45, 7) is 2.31. The van der Waals surface area contributed by atoms with E-state index in [4.69, 9.17) is 0 Å². The summed E-state index contributed by atoms with van der Waals surface area (Å²) < 4.78 is 23.1. The number of thiophene rings is 1. The molecule has 1 saturated heterocycles. The third-order valence-corrected chi connectivity index (χ3v) is 6.86. The maximum Gasteiger partial charge on any atom is 0.236 e. The van der Waals surface area contributed by atoms with E-state index in [1.807, 2.05) is 31.3 Å². The summed E-state index contributed by atoms with van der Waals surface area (Å²) in [4.78, 5) is 16.0. The molecule has 1 fully saturated rings. The van der Waals surface area contributed by atoms with Crippen molar-refractivity contribution in [2.75, 3.05) is 32.1 Å². The minimum absolute atomic E-state index is 0.0328. The van der Waals surface area contributed by atoms with Gasteiger partial charge in [-0.3, -0.25) is 9.69 Å². The second kappa shape index (κ2) is 7.10. The van der Waals surface area contributed by atoms with Gasteiger partial charge >= 0.3 is 0 Å². The number of hydrogen-bond acceptors (Lipinski definition) is 5. The van der Waals surface area contributed by atoms with Crippen LogP contribution >= 0.6 is 11.3 Å². The van der Waals surface area contributed by atoms with Crippen molar-refractivity contribution in [3.63, 3.8) is 0 Å². The van der Waals surface area contributed by atoms with Crippen LogP contribution in [0.25, 0.3) is 0 Å². The summed E-state index contributed by atoms with van der Waals surface area (Å²) in [6.07, 6.45) is 1.47. The van der Waals surface area contributed by atoms with Gasteiger partial charge in [-0.1, -0.05) is 0 Å². The SMILES string of the molecule is C[C@@H](Cc1ccsc1)N(C)C(=O)CN(C)[C@@H]1CCS(=O)(=O)C1. The van der Waals surface area contributed by atoms with Crippen molar-refractivity contribution in [3.05, 3.63) is 22.4 Å². The standard InChI is InChI=1S/C15H24N2O3S2/c1-12(8-13-4-6-21-10-13)17(3)15(18)9-16(2)14-5-7-22(19,20)11-14/h4,6,10,12,14H,5,7-9,11H2,1-3H3/t12-,14+/m0/s1. The predicted octanol–water partition coefficient (Wildman–Crippen LogP) is 1.26. The Hall–Kier alpha value is -0.920. The van der Waals surface area contributed by atoms with Crippen LogP contribution in [0.1, 0.15) is 18.9 Å². The number of nitrogens with zero attached hydrogens (tertiary/aromatic N) is 2. The molecule has 0 spiro atoms.